The lowest BCUT2D eigenvalue weighted by atomic mass is 9.49. The second kappa shape index (κ2) is 4.79. The van der Waals surface area contributed by atoms with E-state index in [9.17, 15) is 0 Å². The molecule has 0 heteroatoms. The van der Waals surface area contributed by atoms with Gasteiger partial charge in [-0.2, -0.15) is 0 Å². The monoisotopic (exact) mass is 258 g/mol. The molecule has 0 bridgehead atoms. The first kappa shape index (κ1) is 13.5. The van der Waals surface area contributed by atoms with Crippen LogP contribution in [0.3, 0.4) is 0 Å². The van der Waals surface area contributed by atoms with E-state index in [1.54, 1.807) is 5.57 Å². The van der Waals surface area contributed by atoms with Crippen molar-refractivity contribution in [3.05, 3.63) is 23.8 Å². The Morgan fingerprint density at radius 2 is 2.05 bits per heavy atom. The van der Waals surface area contributed by atoms with Gasteiger partial charge >= 0.3 is 0 Å². The number of allylic oxidation sites excluding steroid dienone is 3. The standard InChI is InChI=1S/C19H30/c1-5-15-6-9-18-17(14(15)3)8-7-16-12-13(2)10-11-19(16,18)4/h12,14-15,17-18H,2,5-11H2,1,3-4H3. The van der Waals surface area contributed by atoms with Gasteiger partial charge in [0, 0.05) is 0 Å². The van der Waals surface area contributed by atoms with Crippen molar-refractivity contribution >= 4 is 0 Å². The lowest BCUT2D eigenvalue weighted by Crippen LogP contribution is -2.46. The smallest absolute Gasteiger partial charge is 0.00790 e. The van der Waals surface area contributed by atoms with Crippen molar-refractivity contribution in [3.8, 4) is 0 Å². The summed E-state index contributed by atoms with van der Waals surface area (Å²) in [5.74, 6) is 3.90. The highest BCUT2D eigenvalue weighted by Gasteiger charge is 2.49. The molecule has 5 unspecified atom stereocenters. The van der Waals surface area contributed by atoms with Crippen molar-refractivity contribution in [2.24, 2.45) is 29.1 Å². The van der Waals surface area contributed by atoms with Gasteiger partial charge in [0.15, 0.2) is 0 Å². The molecule has 2 fully saturated rings. The quantitative estimate of drug-likeness (QED) is 0.561. The van der Waals surface area contributed by atoms with E-state index in [1.165, 1.54) is 50.5 Å². The molecule has 2 saturated carbocycles. The maximum atomic E-state index is 4.20. The highest BCUT2D eigenvalue weighted by molar-refractivity contribution is 5.32. The summed E-state index contributed by atoms with van der Waals surface area (Å²) in [5.41, 5.74) is 3.63. The largest absolute Gasteiger partial charge is 0.0958 e. The van der Waals surface area contributed by atoms with Crippen LogP contribution in [0.2, 0.25) is 0 Å². The number of hydrogen-bond donors (Lipinski definition) is 0. The SMILES string of the molecule is C=C1C=C2CCC3C(C)C(CC)CCC3C2(C)CC1. The molecule has 0 aromatic rings. The Balaban J connectivity index is 1.90. The van der Waals surface area contributed by atoms with Crippen LogP contribution >= 0.6 is 0 Å². The van der Waals surface area contributed by atoms with Crippen molar-refractivity contribution in [1.82, 2.24) is 0 Å². The molecule has 0 aromatic carbocycles. The number of fused-ring (bicyclic) bond motifs is 3. The zero-order chi connectivity index (χ0) is 13.6. The fraction of sp³-hybridized carbons (Fsp3) is 0.789. The summed E-state index contributed by atoms with van der Waals surface area (Å²) >= 11 is 0. The van der Waals surface area contributed by atoms with Crippen LogP contribution in [-0.4, -0.2) is 0 Å². The molecule has 5 atom stereocenters. The Morgan fingerprint density at radius 3 is 2.79 bits per heavy atom. The predicted molar refractivity (Wildman–Crippen MR) is 83.0 cm³/mol. The molecule has 0 aliphatic heterocycles. The molecule has 0 radical (unpaired) electrons. The minimum atomic E-state index is 0.511. The summed E-state index contributed by atoms with van der Waals surface area (Å²) in [7, 11) is 0. The summed E-state index contributed by atoms with van der Waals surface area (Å²) in [6, 6.07) is 0. The van der Waals surface area contributed by atoms with Crippen LogP contribution in [0.15, 0.2) is 23.8 Å². The van der Waals surface area contributed by atoms with E-state index in [2.05, 4.69) is 33.4 Å². The molecule has 3 aliphatic rings. The van der Waals surface area contributed by atoms with Crippen LogP contribution in [0.4, 0.5) is 0 Å². The van der Waals surface area contributed by atoms with Gasteiger partial charge in [0.2, 0.25) is 0 Å². The van der Waals surface area contributed by atoms with E-state index in [0.717, 1.165) is 23.7 Å². The first-order valence-electron chi connectivity index (χ1n) is 8.45. The summed E-state index contributed by atoms with van der Waals surface area (Å²) in [4.78, 5) is 0. The summed E-state index contributed by atoms with van der Waals surface area (Å²) < 4.78 is 0. The van der Waals surface area contributed by atoms with E-state index in [4.69, 9.17) is 0 Å². The van der Waals surface area contributed by atoms with Gasteiger partial charge in [-0.15, -0.1) is 0 Å². The normalized spacial score (nSPS) is 46.3. The summed E-state index contributed by atoms with van der Waals surface area (Å²) in [6.45, 7) is 11.7. The van der Waals surface area contributed by atoms with Crippen LogP contribution in [-0.2, 0) is 0 Å². The van der Waals surface area contributed by atoms with Gasteiger partial charge in [-0.05, 0) is 67.6 Å². The number of rotatable bonds is 1. The van der Waals surface area contributed by atoms with E-state index in [1.807, 2.05) is 0 Å². The van der Waals surface area contributed by atoms with E-state index in [0.29, 0.717) is 5.41 Å². The second-order valence-electron chi connectivity index (χ2n) is 7.66. The fourth-order valence-electron chi connectivity index (χ4n) is 5.59. The minimum absolute atomic E-state index is 0.511. The van der Waals surface area contributed by atoms with Gasteiger partial charge in [0.25, 0.3) is 0 Å². The molecule has 0 aromatic heterocycles. The van der Waals surface area contributed by atoms with Gasteiger partial charge in [0.05, 0.1) is 0 Å². The third-order valence-corrected chi connectivity index (χ3v) is 6.95. The molecule has 0 heterocycles. The van der Waals surface area contributed by atoms with Crippen molar-refractivity contribution < 1.29 is 0 Å². The molecule has 106 valence electrons. The minimum Gasteiger partial charge on any atom is -0.0958 e. The van der Waals surface area contributed by atoms with Gasteiger partial charge in [-0.1, -0.05) is 51.0 Å². The van der Waals surface area contributed by atoms with Crippen LogP contribution in [0, 0.1) is 29.1 Å². The van der Waals surface area contributed by atoms with Crippen LogP contribution in [0.25, 0.3) is 0 Å². The third kappa shape index (κ3) is 2.03. The zero-order valence-electron chi connectivity index (χ0n) is 13.0. The molecule has 3 aliphatic carbocycles. The summed E-state index contributed by atoms with van der Waals surface area (Å²) in [5, 5.41) is 0. The van der Waals surface area contributed by atoms with E-state index < -0.39 is 0 Å². The number of hydrogen-bond acceptors (Lipinski definition) is 0. The van der Waals surface area contributed by atoms with Crippen molar-refractivity contribution in [1.29, 1.82) is 0 Å². The Labute approximate surface area is 119 Å². The van der Waals surface area contributed by atoms with Gasteiger partial charge in [-0.25, -0.2) is 0 Å². The lowest BCUT2D eigenvalue weighted by molar-refractivity contribution is -0.00212. The molecule has 0 N–H and O–H groups in total. The van der Waals surface area contributed by atoms with E-state index in [-0.39, 0.29) is 0 Å². The zero-order valence-corrected chi connectivity index (χ0v) is 13.0. The van der Waals surface area contributed by atoms with Gasteiger partial charge in [-0.3, -0.25) is 0 Å². The average molecular weight is 258 g/mol. The van der Waals surface area contributed by atoms with Gasteiger partial charge in [0.1, 0.15) is 0 Å². The van der Waals surface area contributed by atoms with E-state index >= 15 is 0 Å². The first-order valence-corrected chi connectivity index (χ1v) is 8.45. The van der Waals surface area contributed by atoms with Crippen LogP contribution in [0.1, 0.15) is 65.7 Å². The van der Waals surface area contributed by atoms with Crippen molar-refractivity contribution in [2.45, 2.75) is 65.7 Å². The maximum Gasteiger partial charge on any atom is -0.00790 e. The van der Waals surface area contributed by atoms with Crippen molar-refractivity contribution in [3.63, 3.8) is 0 Å². The molecule has 0 nitrogen and oxygen atoms in total. The predicted octanol–water partition coefficient (Wildman–Crippen LogP) is 5.75. The fourth-order valence-corrected chi connectivity index (χ4v) is 5.59. The van der Waals surface area contributed by atoms with Crippen LogP contribution in [0.5, 0.6) is 0 Å². The molecule has 0 spiro atoms. The Kier molecular flexibility index (Phi) is 3.39. The Morgan fingerprint density at radius 1 is 1.26 bits per heavy atom. The molecule has 0 amide bonds. The maximum absolute atomic E-state index is 4.20. The van der Waals surface area contributed by atoms with Crippen molar-refractivity contribution in [2.75, 3.05) is 0 Å². The second-order valence-corrected chi connectivity index (χ2v) is 7.66. The summed E-state index contributed by atoms with van der Waals surface area (Å²) in [6.07, 6.45) is 12.2. The highest BCUT2D eigenvalue weighted by atomic mass is 14.5. The lowest BCUT2D eigenvalue weighted by Gasteiger charge is -2.55. The third-order valence-electron chi connectivity index (χ3n) is 6.95. The van der Waals surface area contributed by atoms with Crippen LogP contribution < -0.4 is 0 Å². The molecular formula is C19H30. The Bertz CT molecular complexity index is 402. The first-order chi connectivity index (χ1) is 9.06. The average Bonchev–Trinajstić information content (AvgIpc) is 2.40. The molecule has 3 rings (SSSR count). The highest BCUT2D eigenvalue weighted by Crippen LogP contribution is 2.59. The van der Waals surface area contributed by atoms with Gasteiger partial charge < -0.3 is 0 Å². The molecular weight excluding hydrogens is 228 g/mol. The Hall–Kier alpha value is -0.520. The molecule has 19 heavy (non-hydrogen) atoms. The topological polar surface area (TPSA) is 0 Å². The molecule has 0 saturated heterocycles.